The lowest BCUT2D eigenvalue weighted by atomic mass is 10.0. The molecule has 1 aromatic heterocycles. The van der Waals surface area contributed by atoms with Crippen molar-refractivity contribution in [3.63, 3.8) is 0 Å². The first-order valence-electron chi connectivity index (χ1n) is 11.5. The molecule has 184 valence electrons. The molecule has 0 unspecified atom stereocenters. The molecule has 3 aromatic rings. The molecule has 0 saturated carbocycles. The van der Waals surface area contributed by atoms with Gasteiger partial charge in [-0.05, 0) is 55.3 Å². The molecule has 1 atom stereocenters. The molecule has 5 rings (SSSR count). The Hall–Kier alpha value is -3.37. The summed E-state index contributed by atoms with van der Waals surface area (Å²) in [5.74, 6) is -0.0455. The number of sulfonamides is 1. The molecule has 2 aromatic carbocycles. The molecular weight excluding hydrogens is 470 g/mol. The molecule has 1 amide bonds. The average Bonchev–Trinajstić information content (AvgIpc) is 3.52. The molecule has 0 radical (unpaired) electrons. The number of nitrogens with zero attached hydrogens (tertiary/aromatic N) is 2. The van der Waals surface area contributed by atoms with Gasteiger partial charge in [0.15, 0.2) is 0 Å². The summed E-state index contributed by atoms with van der Waals surface area (Å²) in [6, 6.07) is 10.8. The minimum Gasteiger partial charge on any atom is -0.497 e. The maximum absolute atomic E-state index is 13.6. The molecule has 1 N–H and O–H groups in total. The summed E-state index contributed by atoms with van der Waals surface area (Å²) in [4.78, 5) is 30.9. The highest BCUT2D eigenvalue weighted by atomic mass is 32.2. The van der Waals surface area contributed by atoms with Crippen LogP contribution in [0.4, 0.5) is 0 Å². The van der Waals surface area contributed by atoms with Crippen molar-refractivity contribution in [3.05, 3.63) is 59.3 Å². The van der Waals surface area contributed by atoms with Crippen molar-refractivity contribution < 1.29 is 27.5 Å². The minimum absolute atomic E-state index is 0.144. The molecule has 2 aliphatic rings. The molecular formula is C25H27N3O6S. The molecule has 0 bridgehead atoms. The summed E-state index contributed by atoms with van der Waals surface area (Å²) in [6.07, 6.45) is 1.74. The van der Waals surface area contributed by atoms with Gasteiger partial charge in [-0.3, -0.25) is 4.79 Å². The number of carbonyl (C=O) groups is 2. The molecule has 0 spiro atoms. The van der Waals surface area contributed by atoms with Crippen LogP contribution in [0.1, 0.15) is 34.5 Å². The lowest BCUT2D eigenvalue weighted by Crippen LogP contribution is -2.48. The lowest BCUT2D eigenvalue weighted by Gasteiger charge is -2.32. The van der Waals surface area contributed by atoms with E-state index in [0.29, 0.717) is 50.2 Å². The predicted molar refractivity (Wildman–Crippen MR) is 129 cm³/mol. The van der Waals surface area contributed by atoms with E-state index >= 15 is 0 Å². The van der Waals surface area contributed by atoms with Crippen LogP contribution in [0.15, 0.2) is 47.4 Å². The zero-order valence-corrected chi connectivity index (χ0v) is 20.4. The van der Waals surface area contributed by atoms with Gasteiger partial charge in [-0.1, -0.05) is 0 Å². The summed E-state index contributed by atoms with van der Waals surface area (Å²) in [5.41, 5.74) is 3.31. The Morgan fingerprint density at radius 3 is 2.54 bits per heavy atom. The number of aromatic nitrogens is 1. The SMILES string of the molecule is COC(=O)c1ccc2[nH]c3c(c2c1)CN(C(=O)[C@@H]1CCCN1S(=O)(=O)c1ccc(OC)cc1)CC3. The van der Waals surface area contributed by atoms with Crippen LogP contribution in [-0.4, -0.2) is 67.8 Å². The maximum Gasteiger partial charge on any atom is 0.337 e. The van der Waals surface area contributed by atoms with E-state index in [2.05, 4.69) is 4.98 Å². The third-order valence-electron chi connectivity index (χ3n) is 6.86. The Balaban J connectivity index is 1.40. The van der Waals surface area contributed by atoms with Crippen LogP contribution in [-0.2, 0) is 32.5 Å². The molecule has 3 heterocycles. The third kappa shape index (κ3) is 4.06. The number of carbonyl (C=O) groups excluding carboxylic acids is 2. The van der Waals surface area contributed by atoms with E-state index in [9.17, 15) is 18.0 Å². The van der Waals surface area contributed by atoms with Crippen molar-refractivity contribution in [1.29, 1.82) is 0 Å². The highest BCUT2D eigenvalue weighted by Crippen LogP contribution is 2.32. The first-order chi connectivity index (χ1) is 16.8. The van der Waals surface area contributed by atoms with E-state index in [1.165, 1.54) is 30.7 Å². The number of amides is 1. The summed E-state index contributed by atoms with van der Waals surface area (Å²) < 4.78 is 38.0. The number of fused-ring (bicyclic) bond motifs is 3. The first-order valence-corrected chi connectivity index (χ1v) is 12.9. The summed E-state index contributed by atoms with van der Waals surface area (Å²) in [5, 5.41) is 0.870. The van der Waals surface area contributed by atoms with Crippen molar-refractivity contribution in [2.45, 2.75) is 36.7 Å². The van der Waals surface area contributed by atoms with Gasteiger partial charge in [0.1, 0.15) is 11.8 Å². The first kappa shape index (κ1) is 23.4. The van der Waals surface area contributed by atoms with Crippen LogP contribution >= 0.6 is 0 Å². The number of hydrogen-bond donors (Lipinski definition) is 1. The van der Waals surface area contributed by atoms with Gasteiger partial charge in [0.2, 0.25) is 15.9 Å². The van der Waals surface area contributed by atoms with Gasteiger partial charge in [0.05, 0.1) is 24.7 Å². The van der Waals surface area contributed by atoms with Gasteiger partial charge in [0.25, 0.3) is 0 Å². The van der Waals surface area contributed by atoms with Crippen LogP contribution < -0.4 is 4.74 Å². The Morgan fingerprint density at radius 2 is 1.83 bits per heavy atom. The fourth-order valence-corrected chi connectivity index (χ4v) is 6.67. The maximum atomic E-state index is 13.6. The number of benzene rings is 2. The third-order valence-corrected chi connectivity index (χ3v) is 8.79. The second-order valence-electron chi connectivity index (χ2n) is 8.79. The zero-order chi connectivity index (χ0) is 24.7. The zero-order valence-electron chi connectivity index (χ0n) is 19.6. The van der Waals surface area contributed by atoms with E-state index < -0.39 is 22.0 Å². The van der Waals surface area contributed by atoms with Gasteiger partial charge < -0.3 is 19.4 Å². The van der Waals surface area contributed by atoms with E-state index in [1.54, 1.807) is 29.2 Å². The Kier molecular flexibility index (Phi) is 6.02. The van der Waals surface area contributed by atoms with Crippen molar-refractivity contribution in [2.24, 2.45) is 0 Å². The quantitative estimate of drug-likeness (QED) is 0.543. The van der Waals surface area contributed by atoms with E-state index in [4.69, 9.17) is 9.47 Å². The normalized spacial score (nSPS) is 18.5. The molecule has 0 aliphatic carbocycles. The van der Waals surface area contributed by atoms with E-state index in [-0.39, 0.29) is 10.8 Å². The number of aromatic amines is 1. The van der Waals surface area contributed by atoms with Gasteiger partial charge >= 0.3 is 5.97 Å². The molecule has 35 heavy (non-hydrogen) atoms. The van der Waals surface area contributed by atoms with Crippen LogP contribution in [0.25, 0.3) is 10.9 Å². The van der Waals surface area contributed by atoms with Gasteiger partial charge in [-0.2, -0.15) is 4.31 Å². The molecule has 1 fully saturated rings. The monoisotopic (exact) mass is 497 g/mol. The number of esters is 1. The number of H-pyrrole nitrogens is 1. The van der Waals surface area contributed by atoms with Crippen LogP contribution in [0.2, 0.25) is 0 Å². The van der Waals surface area contributed by atoms with Crippen LogP contribution in [0.5, 0.6) is 5.75 Å². The van der Waals surface area contributed by atoms with Crippen molar-refractivity contribution in [1.82, 2.24) is 14.2 Å². The van der Waals surface area contributed by atoms with Gasteiger partial charge in [-0.15, -0.1) is 0 Å². The van der Waals surface area contributed by atoms with E-state index in [1.807, 2.05) is 6.07 Å². The average molecular weight is 498 g/mol. The molecule has 2 aliphatic heterocycles. The summed E-state index contributed by atoms with van der Waals surface area (Å²) in [6.45, 7) is 1.15. The fraction of sp³-hybridized carbons (Fsp3) is 0.360. The lowest BCUT2D eigenvalue weighted by molar-refractivity contribution is -0.135. The van der Waals surface area contributed by atoms with Gasteiger partial charge in [-0.25, -0.2) is 13.2 Å². The largest absolute Gasteiger partial charge is 0.497 e. The standard InChI is InChI=1S/C25H27N3O6S/c1-33-17-6-8-18(9-7-17)35(31,32)28-12-3-4-23(28)24(29)27-13-11-22-20(15-27)19-14-16(25(30)34-2)5-10-21(19)26-22/h5-10,14,23,26H,3-4,11-13,15H2,1-2H3/t23-/m0/s1. The number of nitrogens with one attached hydrogen (secondary N) is 1. The number of ether oxygens (including phenoxy) is 2. The Bertz CT molecular complexity index is 1400. The van der Waals surface area contributed by atoms with Crippen molar-refractivity contribution in [2.75, 3.05) is 27.3 Å². The highest BCUT2D eigenvalue weighted by Gasteiger charge is 2.42. The minimum atomic E-state index is -3.83. The second kappa shape index (κ2) is 9.01. The second-order valence-corrected chi connectivity index (χ2v) is 10.7. The van der Waals surface area contributed by atoms with E-state index in [0.717, 1.165) is 22.2 Å². The van der Waals surface area contributed by atoms with Crippen molar-refractivity contribution >= 4 is 32.8 Å². The Morgan fingerprint density at radius 1 is 1.06 bits per heavy atom. The summed E-state index contributed by atoms with van der Waals surface area (Å²) >= 11 is 0. The van der Waals surface area contributed by atoms with Crippen LogP contribution in [0, 0.1) is 0 Å². The molecule has 10 heteroatoms. The Labute approximate surface area is 203 Å². The number of hydrogen-bond acceptors (Lipinski definition) is 6. The number of methoxy groups -OCH3 is 2. The topological polar surface area (TPSA) is 109 Å². The van der Waals surface area contributed by atoms with Crippen LogP contribution in [0.3, 0.4) is 0 Å². The molecule has 1 saturated heterocycles. The predicted octanol–water partition coefficient (Wildman–Crippen LogP) is 2.70. The fourth-order valence-electron chi connectivity index (χ4n) is 5.02. The summed E-state index contributed by atoms with van der Waals surface area (Å²) in [7, 11) is -0.966. The highest BCUT2D eigenvalue weighted by molar-refractivity contribution is 7.89. The van der Waals surface area contributed by atoms with Crippen molar-refractivity contribution in [3.8, 4) is 5.75 Å². The smallest absolute Gasteiger partial charge is 0.337 e. The number of rotatable bonds is 5. The van der Waals surface area contributed by atoms with Gasteiger partial charge in [0, 0.05) is 48.2 Å². The molecule has 9 nitrogen and oxygen atoms in total.